The van der Waals surface area contributed by atoms with Crippen molar-refractivity contribution in [2.45, 2.75) is 30.4 Å². The van der Waals surface area contributed by atoms with Crippen LogP contribution in [0.15, 0.2) is 23.1 Å². The summed E-state index contributed by atoms with van der Waals surface area (Å²) in [4.78, 5) is 0.168. The molecule has 1 aliphatic rings. The Morgan fingerprint density at radius 1 is 1.40 bits per heavy atom. The molecule has 0 unspecified atom stereocenters. The van der Waals surface area contributed by atoms with Crippen LogP contribution >= 0.6 is 11.6 Å². The van der Waals surface area contributed by atoms with Crippen LogP contribution in [0.3, 0.4) is 0 Å². The number of piperidine rings is 1. The van der Waals surface area contributed by atoms with Crippen LogP contribution in [-0.2, 0) is 21.4 Å². The molecule has 0 saturated carbocycles. The Balaban J connectivity index is 2.22. The highest BCUT2D eigenvalue weighted by molar-refractivity contribution is 7.89. The van der Waals surface area contributed by atoms with Crippen molar-refractivity contribution in [2.24, 2.45) is 0 Å². The molecule has 0 aliphatic carbocycles. The Labute approximate surface area is 124 Å². The summed E-state index contributed by atoms with van der Waals surface area (Å²) in [5.74, 6) is 0. The molecule has 1 aromatic carbocycles. The lowest BCUT2D eigenvalue weighted by atomic mass is 10.1. The summed E-state index contributed by atoms with van der Waals surface area (Å²) in [6.07, 6.45) is 1.51. The van der Waals surface area contributed by atoms with E-state index in [0.29, 0.717) is 36.5 Å². The molecule has 1 aliphatic heterocycles. The van der Waals surface area contributed by atoms with Crippen LogP contribution in [0.2, 0.25) is 5.02 Å². The monoisotopic (exact) mass is 319 g/mol. The number of sulfonamides is 1. The maximum Gasteiger partial charge on any atom is 0.243 e. The summed E-state index contributed by atoms with van der Waals surface area (Å²) in [7, 11) is -1.89. The number of benzene rings is 1. The zero-order valence-corrected chi connectivity index (χ0v) is 12.8. The predicted octanol–water partition coefficient (Wildman–Crippen LogP) is 1.63. The van der Waals surface area contributed by atoms with Gasteiger partial charge in [0.1, 0.15) is 0 Å². The van der Waals surface area contributed by atoms with Gasteiger partial charge in [-0.15, -0.1) is 0 Å². The molecular formula is C13H18ClNO4S. The van der Waals surface area contributed by atoms with Crippen LogP contribution in [0.25, 0.3) is 0 Å². The SMILES string of the molecule is COC1CCN(S(=O)(=O)c2ccc(Cl)c(CO)c2)CC1. The first-order valence-corrected chi connectivity index (χ1v) is 8.23. The van der Waals surface area contributed by atoms with Gasteiger partial charge in [0.15, 0.2) is 0 Å². The molecule has 0 radical (unpaired) electrons. The minimum absolute atomic E-state index is 0.125. The number of aliphatic hydroxyl groups is 1. The molecule has 1 fully saturated rings. The van der Waals surface area contributed by atoms with Gasteiger partial charge in [-0.1, -0.05) is 11.6 Å². The lowest BCUT2D eigenvalue weighted by Crippen LogP contribution is -2.40. The molecule has 1 heterocycles. The first-order chi connectivity index (χ1) is 9.48. The predicted molar refractivity (Wildman–Crippen MR) is 76.2 cm³/mol. The van der Waals surface area contributed by atoms with E-state index in [1.54, 1.807) is 7.11 Å². The summed E-state index contributed by atoms with van der Waals surface area (Å²) in [5, 5.41) is 9.54. The third-order valence-electron chi connectivity index (χ3n) is 3.56. The highest BCUT2D eigenvalue weighted by Gasteiger charge is 2.29. The molecule has 1 aromatic rings. The summed E-state index contributed by atoms with van der Waals surface area (Å²) >= 11 is 5.89. The maximum atomic E-state index is 12.5. The van der Waals surface area contributed by atoms with Gasteiger partial charge in [0, 0.05) is 25.2 Å². The van der Waals surface area contributed by atoms with Crippen LogP contribution < -0.4 is 0 Å². The topological polar surface area (TPSA) is 66.8 Å². The maximum absolute atomic E-state index is 12.5. The largest absolute Gasteiger partial charge is 0.392 e. The number of rotatable bonds is 4. The average Bonchev–Trinajstić information content (AvgIpc) is 2.47. The number of methoxy groups -OCH3 is 1. The minimum Gasteiger partial charge on any atom is -0.392 e. The van der Waals surface area contributed by atoms with Crippen LogP contribution in [-0.4, -0.2) is 44.1 Å². The molecule has 112 valence electrons. The van der Waals surface area contributed by atoms with Crippen molar-refractivity contribution in [1.82, 2.24) is 4.31 Å². The number of halogens is 1. The minimum atomic E-state index is -3.54. The Bertz CT molecular complexity index is 568. The van der Waals surface area contributed by atoms with Gasteiger partial charge < -0.3 is 9.84 Å². The lowest BCUT2D eigenvalue weighted by molar-refractivity contribution is 0.0604. The van der Waals surface area contributed by atoms with Gasteiger partial charge in [-0.05, 0) is 36.6 Å². The third-order valence-corrected chi connectivity index (χ3v) is 5.82. The van der Waals surface area contributed by atoms with Crippen molar-refractivity contribution in [3.63, 3.8) is 0 Å². The van der Waals surface area contributed by atoms with E-state index < -0.39 is 10.0 Å². The van der Waals surface area contributed by atoms with Crippen LogP contribution in [0.4, 0.5) is 0 Å². The number of hydrogen-bond donors (Lipinski definition) is 1. The second kappa shape index (κ2) is 6.41. The molecular weight excluding hydrogens is 302 g/mol. The fraction of sp³-hybridized carbons (Fsp3) is 0.538. The zero-order chi connectivity index (χ0) is 14.8. The fourth-order valence-electron chi connectivity index (χ4n) is 2.29. The molecule has 0 amide bonds. The standard InChI is InChI=1S/C13H18ClNO4S/c1-19-11-4-6-15(7-5-11)20(17,18)12-2-3-13(14)10(8-12)9-16/h2-3,8,11,16H,4-7,9H2,1H3. The summed E-state index contributed by atoms with van der Waals surface area (Å²) < 4.78 is 31.7. The van der Waals surface area contributed by atoms with E-state index in [4.69, 9.17) is 16.3 Å². The van der Waals surface area contributed by atoms with Gasteiger partial charge >= 0.3 is 0 Å². The van der Waals surface area contributed by atoms with Gasteiger partial charge in [-0.25, -0.2) is 8.42 Å². The zero-order valence-electron chi connectivity index (χ0n) is 11.3. The normalized spacial score (nSPS) is 18.4. The van der Waals surface area contributed by atoms with E-state index >= 15 is 0 Å². The van der Waals surface area contributed by atoms with E-state index in [1.165, 1.54) is 22.5 Å². The Hall–Kier alpha value is -0.660. The highest BCUT2D eigenvalue weighted by Crippen LogP contribution is 2.25. The van der Waals surface area contributed by atoms with Gasteiger partial charge in [0.25, 0.3) is 0 Å². The molecule has 0 atom stereocenters. The summed E-state index contributed by atoms with van der Waals surface area (Å²) in [6.45, 7) is 0.601. The van der Waals surface area contributed by atoms with Gasteiger partial charge in [-0.2, -0.15) is 4.31 Å². The van der Waals surface area contributed by atoms with E-state index in [2.05, 4.69) is 0 Å². The van der Waals surface area contributed by atoms with Crippen molar-refractivity contribution < 1.29 is 18.3 Å². The Morgan fingerprint density at radius 2 is 2.05 bits per heavy atom. The van der Waals surface area contributed by atoms with Crippen molar-refractivity contribution in [3.8, 4) is 0 Å². The second-order valence-electron chi connectivity index (χ2n) is 4.75. The Morgan fingerprint density at radius 3 is 2.60 bits per heavy atom. The molecule has 1 N–H and O–H groups in total. The number of ether oxygens (including phenoxy) is 1. The van der Waals surface area contributed by atoms with E-state index in [0.717, 1.165) is 0 Å². The van der Waals surface area contributed by atoms with Gasteiger partial charge in [0.05, 0.1) is 17.6 Å². The highest BCUT2D eigenvalue weighted by atomic mass is 35.5. The average molecular weight is 320 g/mol. The number of nitrogens with zero attached hydrogens (tertiary/aromatic N) is 1. The molecule has 5 nitrogen and oxygen atoms in total. The smallest absolute Gasteiger partial charge is 0.243 e. The van der Waals surface area contributed by atoms with Crippen molar-refractivity contribution >= 4 is 21.6 Å². The quantitative estimate of drug-likeness (QED) is 0.916. The molecule has 7 heteroatoms. The third kappa shape index (κ3) is 3.15. The van der Waals surface area contributed by atoms with Crippen LogP contribution in [0.5, 0.6) is 0 Å². The first kappa shape index (κ1) is 15.7. The van der Waals surface area contributed by atoms with Crippen molar-refractivity contribution in [1.29, 1.82) is 0 Å². The first-order valence-electron chi connectivity index (χ1n) is 6.41. The fourth-order valence-corrected chi connectivity index (χ4v) is 3.99. The molecule has 0 aromatic heterocycles. The molecule has 20 heavy (non-hydrogen) atoms. The van der Waals surface area contributed by atoms with Crippen molar-refractivity contribution in [3.05, 3.63) is 28.8 Å². The van der Waals surface area contributed by atoms with E-state index in [9.17, 15) is 13.5 Å². The molecule has 2 rings (SSSR count). The molecule has 1 saturated heterocycles. The van der Waals surface area contributed by atoms with Gasteiger partial charge in [0.2, 0.25) is 10.0 Å². The van der Waals surface area contributed by atoms with Crippen molar-refractivity contribution in [2.75, 3.05) is 20.2 Å². The molecule has 0 bridgehead atoms. The Kier molecular flexibility index (Phi) is 5.04. The van der Waals surface area contributed by atoms with Crippen LogP contribution in [0.1, 0.15) is 18.4 Å². The van der Waals surface area contributed by atoms with E-state index in [-0.39, 0.29) is 17.6 Å². The number of aliphatic hydroxyl groups excluding tert-OH is 1. The second-order valence-corrected chi connectivity index (χ2v) is 7.10. The summed E-state index contributed by atoms with van der Waals surface area (Å²) in [6, 6.07) is 4.40. The lowest BCUT2D eigenvalue weighted by Gasteiger charge is -2.30. The van der Waals surface area contributed by atoms with Crippen LogP contribution in [0, 0.1) is 0 Å². The van der Waals surface area contributed by atoms with E-state index in [1.807, 2.05) is 0 Å². The summed E-state index contributed by atoms with van der Waals surface area (Å²) in [5.41, 5.74) is 0.416. The number of hydrogen-bond acceptors (Lipinski definition) is 4. The molecule has 0 spiro atoms. The van der Waals surface area contributed by atoms with Gasteiger partial charge in [-0.3, -0.25) is 0 Å².